The quantitative estimate of drug-likeness (QED) is 0.318. The van der Waals surface area contributed by atoms with E-state index in [4.69, 9.17) is 5.73 Å². The van der Waals surface area contributed by atoms with Crippen LogP contribution >= 0.6 is 0 Å². The molecule has 6 atom stereocenters. The summed E-state index contributed by atoms with van der Waals surface area (Å²) in [4.78, 5) is 41.0. The molecule has 0 aromatic heterocycles. The number of aliphatic hydroxyl groups excluding tert-OH is 3. The third-order valence-corrected chi connectivity index (χ3v) is 9.49. The second-order valence-electron chi connectivity index (χ2n) is 11.7. The summed E-state index contributed by atoms with van der Waals surface area (Å²) in [5, 5.41) is 57.2. The topological polar surface area (TPSA) is 182 Å². The lowest BCUT2D eigenvalue weighted by atomic mass is 9.55. The molecule has 38 heavy (non-hydrogen) atoms. The number of ketones is 2. The number of Topliss-reactive ketones (excluding diaryl/α,β-unsaturated/α-hetero) is 2. The highest BCUT2D eigenvalue weighted by Crippen LogP contribution is 2.56. The molecule has 7 N–H and O–H groups in total. The molecule has 1 aromatic carbocycles. The van der Waals surface area contributed by atoms with Crippen LogP contribution in [0, 0.1) is 11.8 Å². The molecule has 4 aliphatic carbocycles. The summed E-state index contributed by atoms with van der Waals surface area (Å²) in [5.41, 5.74) is 1.88. The van der Waals surface area contributed by atoms with Gasteiger partial charge in [0.15, 0.2) is 11.4 Å². The van der Waals surface area contributed by atoms with Gasteiger partial charge in [0, 0.05) is 17.1 Å². The number of nitrogens with zero attached hydrogens (tertiary/aromatic N) is 1. The fraction of sp³-hybridized carbons (Fsp3) is 0.536. The minimum Gasteiger partial charge on any atom is -0.510 e. The van der Waals surface area contributed by atoms with Crippen LogP contribution in [0.3, 0.4) is 0 Å². The van der Waals surface area contributed by atoms with Crippen LogP contribution in [0.2, 0.25) is 0 Å². The van der Waals surface area contributed by atoms with E-state index in [1.54, 1.807) is 13.0 Å². The van der Waals surface area contributed by atoms with Gasteiger partial charge in [-0.05, 0) is 43.8 Å². The first-order valence-electron chi connectivity index (χ1n) is 12.9. The van der Waals surface area contributed by atoms with E-state index in [0.717, 1.165) is 25.7 Å². The molecule has 0 bridgehead atoms. The fourth-order valence-electron chi connectivity index (χ4n) is 7.53. The number of fused-ring (bicyclic) bond motifs is 3. The van der Waals surface area contributed by atoms with Crippen molar-refractivity contribution < 1.29 is 39.9 Å². The summed E-state index contributed by atoms with van der Waals surface area (Å²) in [6, 6.07) is 2.29. The number of hydrogen-bond donors (Lipinski definition) is 6. The lowest BCUT2D eigenvalue weighted by Gasteiger charge is -2.53. The van der Waals surface area contributed by atoms with Gasteiger partial charge in [0.2, 0.25) is 5.78 Å². The highest BCUT2D eigenvalue weighted by Gasteiger charge is 2.67. The average molecular weight is 527 g/mol. The number of carbonyl (C=O) groups excluding carboxylic acids is 3. The Bertz CT molecular complexity index is 1340. The van der Waals surface area contributed by atoms with E-state index in [0.29, 0.717) is 11.1 Å². The SMILES string of the molecule is CC1c2ccc(C3(C)CCCC3)c(O)c2C(=O)C2=C(O)[C@]3(O)C(=O)C(C(N)=O)=C(O)[C@@H](N(C)C)[C@@H]3[C@@H](O)[C@@H]21. The van der Waals surface area contributed by atoms with Crippen molar-refractivity contribution in [3.63, 3.8) is 0 Å². The zero-order valence-corrected chi connectivity index (χ0v) is 21.9. The number of phenolic OH excluding ortho intramolecular Hbond substituents is 1. The molecule has 10 heteroatoms. The minimum atomic E-state index is -2.91. The van der Waals surface area contributed by atoms with Gasteiger partial charge in [0.1, 0.15) is 22.8 Å². The summed E-state index contributed by atoms with van der Waals surface area (Å²) in [6.45, 7) is 3.76. The number of nitrogens with two attached hydrogens (primary N) is 1. The number of aliphatic hydroxyl groups is 4. The molecule has 1 fully saturated rings. The number of amides is 1. The number of hydrogen-bond acceptors (Lipinski definition) is 9. The van der Waals surface area contributed by atoms with E-state index in [1.807, 2.05) is 13.0 Å². The van der Waals surface area contributed by atoms with Crippen molar-refractivity contribution >= 4 is 17.5 Å². The lowest BCUT2D eigenvalue weighted by molar-refractivity contribution is -0.162. The van der Waals surface area contributed by atoms with Gasteiger partial charge in [0.05, 0.1) is 23.6 Å². The Labute approximate surface area is 220 Å². The van der Waals surface area contributed by atoms with Crippen LogP contribution in [0.15, 0.2) is 34.8 Å². The maximum atomic E-state index is 14.0. The summed E-state index contributed by atoms with van der Waals surface area (Å²) in [6.07, 6.45) is 2.06. The van der Waals surface area contributed by atoms with E-state index < -0.39 is 75.6 Å². The summed E-state index contributed by atoms with van der Waals surface area (Å²) in [7, 11) is 3.01. The molecule has 0 spiro atoms. The molecule has 1 unspecified atom stereocenters. The van der Waals surface area contributed by atoms with E-state index in [1.165, 1.54) is 19.0 Å². The Morgan fingerprint density at radius 2 is 1.71 bits per heavy atom. The van der Waals surface area contributed by atoms with Crippen molar-refractivity contribution in [3.05, 3.63) is 51.5 Å². The molecule has 0 aliphatic heterocycles. The first-order valence-corrected chi connectivity index (χ1v) is 12.9. The van der Waals surface area contributed by atoms with Crippen molar-refractivity contribution in [2.75, 3.05) is 14.1 Å². The Morgan fingerprint density at radius 3 is 2.26 bits per heavy atom. The third-order valence-electron chi connectivity index (χ3n) is 9.49. The Kier molecular flexibility index (Phi) is 5.83. The van der Waals surface area contributed by atoms with Crippen molar-refractivity contribution in [3.8, 4) is 5.75 Å². The standard InChI is InChI=1S/C28H34N2O8/c1-11-12-7-8-13(27(2)9-5-6-10-27)20(31)15(12)21(32)16-14(11)22(33)18-19(30(3)4)23(34)17(26(29)37)25(36)28(18,38)24(16)35/h7-8,11,14,18-19,22,31,33-35,38H,5-6,9-10H2,1-4H3,(H2,29,37)/t11?,14-,18-,19+,22+,28+/m1/s1. The Morgan fingerprint density at radius 1 is 1.11 bits per heavy atom. The highest BCUT2D eigenvalue weighted by atomic mass is 16.4. The minimum absolute atomic E-state index is 0.0314. The number of aromatic hydroxyl groups is 1. The van der Waals surface area contributed by atoms with Crippen LogP contribution in [-0.4, -0.2) is 79.7 Å². The van der Waals surface area contributed by atoms with Crippen LogP contribution in [0.25, 0.3) is 0 Å². The number of carbonyl (C=O) groups is 3. The number of phenols is 1. The smallest absolute Gasteiger partial charge is 0.255 e. The van der Waals surface area contributed by atoms with Crippen molar-refractivity contribution in [1.29, 1.82) is 0 Å². The third kappa shape index (κ3) is 3.14. The lowest BCUT2D eigenvalue weighted by Crippen LogP contribution is -2.68. The van der Waals surface area contributed by atoms with Gasteiger partial charge >= 0.3 is 0 Å². The number of likely N-dealkylation sites (N-methyl/N-ethyl adjacent to an activating group) is 1. The van der Waals surface area contributed by atoms with E-state index in [-0.39, 0.29) is 16.7 Å². The molecule has 4 aliphatic rings. The molecular weight excluding hydrogens is 492 g/mol. The summed E-state index contributed by atoms with van der Waals surface area (Å²) >= 11 is 0. The molecule has 10 nitrogen and oxygen atoms in total. The Hall–Kier alpha value is -3.21. The van der Waals surface area contributed by atoms with Gasteiger partial charge in [0.25, 0.3) is 5.91 Å². The molecule has 0 radical (unpaired) electrons. The van der Waals surface area contributed by atoms with Crippen molar-refractivity contribution in [2.45, 2.75) is 68.6 Å². The molecule has 1 amide bonds. The fourth-order valence-corrected chi connectivity index (χ4v) is 7.53. The zero-order valence-electron chi connectivity index (χ0n) is 21.9. The van der Waals surface area contributed by atoms with Gasteiger partial charge in [-0.25, -0.2) is 0 Å². The van der Waals surface area contributed by atoms with Crippen molar-refractivity contribution in [1.82, 2.24) is 4.90 Å². The first kappa shape index (κ1) is 26.4. The zero-order chi connectivity index (χ0) is 28.1. The maximum absolute atomic E-state index is 14.0. The van der Waals surface area contributed by atoms with E-state index >= 15 is 0 Å². The predicted molar refractivity (Wildman–Crippen MR) is 136 cm³/mol. The second-order valence-corrected chi connectivity index (χ2v) is 11.7. The normalized spacial score (nSPS) is 34.3. The number of benzene rings is 1. The van der Waals surface area contributed by atoms with Crippen LogP contribution in [-0.2, 0) is 15.0 Å². The summed E-state index contributed by atoms with van der Waals surface area (Å²) in [5.74, 6) is -8.65. The molecule has 5 rings (SSSR count). The molecule has 0 heterocycles. The van der Waals surface area contributed by atoms with Gasteiger partial charge in [-0.15, -0.1) is 0 Å². The molecule has 204 valence electrons. The molecular formula is C28H34N2O8. The molecule has 0 saturated heterocycles. The Balaban J connectivity index is 1.76. The first-order chi connectivity index (χ1) is 17.7. The van der Waals surface area contributed by atoms with E-state index in [9.17, 15) is 39.9 Å². The maximum Gasteiger partial charge on any atom is 0.255 e. The largest absolute Gasteiger partial charge is 0.510 e. The second kappa shape index (κ2) is 8.39. The van der Waals surface area contributed by atoms with Crippen LogP contribution in [0.1, 0.15) is 66.9 Å². The average Bonchev–Trinajstić information content (AvgIpc) is 3.28. The number of rotatable bonds is 3. The van der Waals surface area contributed by atoms with Crippen molar-refractivity contribution in [2.24, 2.45) is 17.6 Å². The molecule has 1 aromatic rings. The molecule has 1 saturated carbocycles. The summed E-state index contributed by atoms with van der Waals surface area (Å²) < 4.78 is 0. The van der Waals surface area contributed by atoms with Gasteiger partial charge in [-0.3, -0.25) is 19.3 Å². The van der Waals surface area contributed by atoms with Crippen LogP contribution in [0.5, 0.6) is 5.75 Å². The monoisotopic (exact) mass is 526 g/mol. The van der Waals surface area contributed by atoms with Gasteiger partial charge in [-0.1, -0.05) is 38.8 Å². The van der Waals surface area contributed by atoms with Gasteiger partial charge < -0.3 is 31.3 Å². The highest BCUT2D eigenvalue weighted by molar-refractivity contribution is 6.25. The van der Waals surface area contributed by atoms with Gasteiger partial charge in [-0.2, -0.15) is 0 Å². The van der Waals surface area contributed by atoms with E-state index in [2.05, 4.69) is 0 Å². The van der Waals surface area contributed by atoms with Crippen LogP contribution in [0.4, 0.5) is 0 Å². The predicted octanol–water partition coefficient (Wildman–Crippen LogP) is 1.48. The number of primary amides is 1. The van der Waals surface area contributed by atoms with Crippen LogP contribution < -0.4 is 5.73 Å².